The van der Waals surface area contributed by atoms with Crippen LogP contribution in [0.15, 0.2) is 67.0 Å². The van der Waals surface area contributed by atoms with Crippen LogP contribution in [0.1, 0.15) is 37.6 Å². The number of hydrogen-bond acceptors (Lipinski definition) is 3. The number of allylic oxidation sites excluding steroid dienone is 3. The SMILES string of the molecule is CC(c1ccccn1)c1cccn1S(=O)(=O)C1(C)C=CC=CC1. The minimum absolute atomic E-state index is 0.104. The lowest BCUT2D eigenvalue weighted by Gasteiger charge is -2.28. The second-order valence-electron chi connectivity index (χ2n) is 6.01. The summed E-state index contributed by atoms with van der Waals surface area (Å²) in [5, 5.41) is 0. The van der Waals surface area contributed by atoms with E-state index in [1.807, 2.05) is 43.3 Å². The van der Waals surface area contributed by atoms with Crippen molar-refractivity contribution >= 4 is 10.0 Å². The zero-order valence-corrected chi connectivity index (χ0v) is 14.1. The van der Waals surface area contributed by atoms with Gasteiger partial charge in [-0.15, -0.1) is 0 Å². The molecule has 0 N–H and O–H groups in total. The Balaban J connectivity index is 2.04. The average molecular weight is 328 g/mol. The Bertz CT molecular complexity index is 850. The molecule has 0 radical (unpaired) electrons. The van der Waals surface area contributed by atoms with E-state index in [9.17, 15) is 8.42 Å². The van der Waals surface area contributed by atoms with Gasteiger partial charge in [0.2, 0.25) is 10.0 Å². The molecule has 0 fully saturated rings. The molecule has 0 saturated carbocycles. The van der Waals surface area contributed by atoms with Gasteiger partial charge in [0, 0.05) is 29.7 Å². The van der Waals surface area contributed by atoms with Gasteiger partial charge >= 0.3 is 0 Å². The van der Waals surface area contributed by atoms with E-state index >= 15 is 0 Å². The highest BCUT2D eigenvalue weighted by Gasteiger charge is 2.39. The van der Waals surface area contributed by atoms with Gasteiger partial charge in [-0.2, -0.15) is 0 Å². The Hall–Kier alpha value is -2.14. The van der Waals surface area contributed by atoms with Gasteiger partial charge in [-0.25, -0.2) is 12.4 Å². The normalized spacial score (nSPS) is 22.2. The van der Waals surface area contributed by atoms with Gasteiger partial charge in [-0.3, -0.25) is 4.98 Å². The van der Waals surface area contributed by atoms with E-state index in [-0.39, 0.29) is 5.92 Å². The standard InChI is InChI=1S/C18H20N2O2S/c1-15(16-9-4-7-13-19-16)17-10-8-14-20(17)23(21,22)18(2)11-5-3-6-12-18/h3-11,13-15H,12H2,1-2H3. The molecule has 0 aromatic carbocycles. The van der Waals surface area contributed by atoms with Crippen LogP contribution in [0.25, 0.3) is 0 Å². The van der Waals surface area contributed by atoms with Crippen LogP contribution in [0.4, 0.5) is 0 Å². The van der Waals surface area contributed by atoms with Crippen molar-refractivity contribution in [2.45, 2.75) is 30.9 Å². The van der Waals surface area contributed by atoms with Crippen LogP contribution in [-0.4, -0.2) is 22.1 Å². The van der Waals surface area contributed by atoms with E-state index in [4.69, 9.17) is 0 Å². The molecule has 2 aromatic rings. The Morgan fingerprint density at radius 2 is 2.04 bits per heavy atom. The van der Waals surface area contributed by atoms with Crippen molar-refractivity contribution in [1.29, 1.82) is 0 Å². The smallest absolute Gasteiger partial charge is 0.248 e. The van der Waals surface area contributed by atoms with Gasteiger partial charge < -0.3 is 0 Å². The van der Waals surface area contributed by atoms with Crippen molar-refractivity contribution in [1.82, 2.24) is 8.96 Å². The molecule has 0 bridgehead atoms. The summed E-state index contributed by atoms with van der Waals surface area (Å²) in [6.45, 7) is 3.74. The number of aromatic nitrogens is 2. The van der Waals surface area contributed by atoms with Gasteiger partial charge in [0.15, 0.2) is 0 Å². The summed E-state index contributed by atoms with van der Waals surface area (Å²) in [4.78, 5) is 4.35. The fraction of sp³-hybridized carbons (Fsp3) is 0.278. The fourth-order valence-electron chi connectivity index (χ4n) is 2.84. The van der Waals surface area contributed by atoms with Gasteiger partial charge in [-0.1, -0.05) is 37.3 Å². The zero-order chi connectivity index (χ0) is 16.5. The van der Waals surface area contributed by atoms with Crippen molar-refractivity contribution in [3.63, 3.8) is 0 Å². The van der Waals surface area contributed by atoms with Gasteiger partial charge in [0.25, 0.3) is 0 Å². The number of hydrogen-bond donors (Lipinski definition) is 0. The van der Waals surface area contributed by atoms with Crippen LogP contribution in [-0.2, 0) is 10.0 Å². The summed E-state index contributed by atoms with van der Waals surface area (Å²) < 4.78 is 26.8. The third kappa shape index (κ3) is 2.65. The molecule has 0 saturated heterocycles. The Labute approximate surface area is 137 Å². The minimum atomic E-state index is -3.55. The number of pyridine rings is 1. The highest BCUT2D eigenvalue weighted by molar-refractivity contribution is 7.91. The first-order valence-electron chi connectivity index (χ1n) is 7.63. The Kier molecular flexibility index (Phi) is 3.98. The van der Waals surface area contributed by atoms with E-state index < -0.39 is 14.8 Å². The highest BCUT2D eigenvalue weighted by Crippen LogP contribution is 2.32. The summed E-state index contributed by atoms with van der Waals surface area (Å²) >= 11 is 0. The van der Waals surface area contributed by atoms with Crippen LogP contribution >= 0.6 is 0 Å². The predicted octanol–water partition coefficient (Wildman–Crippen LogP) is 3.49. The molecule has 1 aliphatic rings. The molecule has 3 rings (SSSR count). The molecule has 120 valence electrons. The van der Waals surface area contributed by atoms with Crippen LogP contribution in [0.5, 0.6) is 0 Å². The lowest BCUT2D eigenvalue weighted by molar-refractivity contribution is 0.549. The highest BCUT2D eigenvalue weighted by atomic mass is 32.2. The summed E-state index contributed by atoms with van der Waals surface area (Å²) in [7, 11) is -3.55. The van der Waals surface area contributed by atoms with Gasteiger partial charge in [0.1, 0.15) is 4.75 Å². The fourth-order valence-corrected chi connectivity index (χ4v) is 4.57. The molecule has 23 heavy (non-hydrogen) atoms. The largest absolute Gasteiger partial charge is 0.261 e. The lowest BCUT2D eigenvalue weighted by atomic mass is 10.0. The third-order valence-electron chi connectivity index (χ3n) is 4.39. The summed E-state index contributed by atoms with van der Waals surface area (Å²) in [5.41, 5.74) is 1.58. The van der Waals surface area contributed by atoms with E-state index in [0.717, 1.165) is 11.4 Å². The average Bonchev–Trinajstić information content (AvgIpc) is 3.06. The van der Waals surface area contributed by atoms with Crippen LogP contribution in [0.3, 0.4) is 0 Å². The second-order valence-corrected chi connectivity index (χ2v) is 8.29. The van der Waals surface area contributed by atoms with Crippen LogP contribution < -0.4 is 0 Å². The topological polar surface area (TPSA) is 52.0 Å². The Morgan fingerprint density at radius 1 is 1.22 bits per heavy atom. The molecule has 2 heterocycles. The first-order valence-corrected chi connectivity index (χ1v) is 9.07. The maximum absolute atomic E-state index is 13.2. The van der Waals surface area contributed by atoms with E-state index in [1.54, 1.807) is 37.5 Å². The lowest BCUT2D eigenvalue weighted by Crippen LogP contribution is -2.38. The van der Waals surface area contributed by atoms with Crippen molar-refractivity contribution < 1.29 is 8.42 Å². The van der Waals surface area contributed by atoms with Crippen molar-refractivity contribution in [3.8, 4) is 0 Å². The minimum Gasteiger partial charge on any atom is -0.261 e. The molecule has 4 nitrogen and oxygen atoms in total. The maximum Gasteiger partial charge on any atom is 0.248 e. The molecule has 2 unspecified atom stereocenters. The molecule has 2 atom stereocenters. The third-order valence-corrected chi connectivity index (χ3v) is 6.72. The summed E-state index contributed by atoms with van der Waals surface area (Å²) in [6.07, 6.45) is 11.2. The second kappa shape index (κ2) is 5.81. The Morgan fingerprint density at radius 3 is 2.70 bits per heavy atom. The van der Waals surface area contributed by atoms with Crippen molar-refractivity contribution in [2.24, 2.45) is 0 Å². The number of rotatable bonds is 4. The molecular formula is C18H20N2O2S. The maximum atomic E-state index is 13.2. The van der Waals surface area contributed by atoms with Crippen molar-refractivity contribution in [3.05, 3.63) is 78.4 Å². The van der Waals surface area contributed by atoms with Crippen LogP contribution in [0.2, 0.25) is 0 Å². The first kappa shape index (κ1) is 15.7. The zero-order valence-electron chi connectivity index (χ0n) is 13.3. The van der Waals surface area contributed by atoms with E-state index in [1.165, 1.54) is 3.97 Å². The predicted molar refractivity (Wildman–Crippen MR) is 91.8 cm³/mol. The summed E-state index contributed by atoms with van der Waals surface area (Å²) in [6, 6.07) is 9.31. The molecular weight excluding hydrogens is 308 g/mol. The first-order chi connectivity index (χ1) is 11.0. The molecule has 5 heteroatoms. The van der Waals surface area contributed by atoms with E-state index in [0.29, 0.717) is 6.42 Å². The van der Waals surface area contributed by atoms with Gasteiger partial charge in [-0.05, 0) is 37.6 Å². The van der Waals surface area contributed by atoms with Crippen molar-refractivity contribution in [2.75, 3.05) is 0 Å². The van der Waals surface area contributed by atoms with E-state index in [2.05, 4.69) is 4.98 Å². The molecule has 0 spiro atoms. The molecule has 0 amide bonds. The van der Waals surface area contributed by atoms with Gasteiger partial charge in [0.05, 0.1) is 0 Å². The molecule has 0 aliphatic heterocycles. The summed E-state index contributed by atoms with van der Waals surface area (Å²) in [5.74, 6) is -0.104. The number of nitrogens with zero attached hydrogens (tertiary/aromatic N) is 2. The quantitative estimate of drug-likeness (QED) is 0.863. The van der Waals surface area contributed by atoms with Crippen LogP contribution in [0, 0.1) is 0 Å². The molecule has 2 aromatic heterocycles. The molecule has 1 aliphatic carbocycles. The monoisotopic (exact) mass is 328 g/mol.